The molecule has 26 heavy (non-hydrogen) atoms. The number of nitrogens with zero attached hydrogens (tertiary/aromatic N) is 3. The van der Waals surface area contributed by atoms with Gasteiger partial charge in [0.1, 0.15) is 5.56 Å². The number of nitro benzene ring substituents is 1. The molecule has 0 N–H and O–H groups in total. The Morgan fingerprint density at radius 2 is 1.96 bits per heavy atom. The second kappa shape index (κ2) is 7.01. The molecule has 0 aliphatic heterocycles. The Balaban J connectivity index is 2.25. The quantitative estimate of drug-likeness (QED) is 0.483. The van der Waals surface area contributed by atoms with Crippen molar-refractivity contribution >= 4 is 44.7 Å². The summed E-state index contributed by atoms with van der Waals surface area (Å²) in [6, 6.07) is 7.95. The largest absolute Gasteiger partial charge is 0.316 e. The molecule has 0 spiro atoms. The highest BCUT2D eigenvalue weighted by Gasteiger charge is 2.21. The van der Waals surface area contributed by atoms with Crippen molar-refractivity contribution in [3.8, 4) is 0 Å². The number of nitro groups is 1. The number of carbonyl (C=O) groups is 1. The maximum absolute atomic E-state index is 12.7. The fraction of sp³-hybridized carbons (Fsp3) is 0.222. The highest BCUT2D eigenvalue weighted by atomic mass is 35.5. The number of hydrogen-bond donors (Lipinski definition) is 0. The minimum atomic E-state index is -0.678. The zero-order valence-corrected chi connectivity index (χ0v) is 16.0. The molecule has 3 aromatic rings. The Morgan fingerprint density at radius 1 is 1.27 bits per heavy atom. The molecule has 0 bridgehead atoms. The molecule has 1 heterocycles. The van der Waals surface area contributed by atoms with Crippen molar-refractivity contribution in [3.63, 3.8) is 0 Å². The van der Waals surface area contributed by atoms with Crippen LogP contribution in [0.5, 0.6) is 0 Å². The van der Waals surface area contributed by atoms with E-state index in [9.17, 15) is 14.9 Å². The monoisotopic (exact) mass is 389 g/mol. The maximum Gasteiger partial charge on any atom is 0.286 e. The second-order valence-corrected chi connectivity index (χ2v) is 7.26. The molecular weight excluding hydrogens is 374 g/mol. The molecule has 1 aromatic heterocycles. The predicted octanol–water partition coefficient (Wildman–Crippen LogP) is 4.64. The molecule has 2 aromatic carbocycles. The number of fused-ring (bicyclic) bond motifs is 1. The van der Waals surface area contributed by atoms with E-state index in [0.29, 0.717) is 11.3 Å². The Morgan fingerprint density at radius 3 is 2.62 bits per heavy atom. The third-order valence-corrected chi connectivity index (χ3v) is 5.57. The molecule has 8 heteroatoms. The van der Waals surface area contributed by atoms with Gasteiger partial charge in [0.25, 0.3) is 11.6 Å². The number of aromatic nitrogens is 1. The van der Waals surface area contributed by atoms with E-state index >= 15 is 0 Å². The Kier molecular flexibility index (Phi) is 4.93. The van der Waals surface area contributed by atoms with Crippen LogP contribution >= 0.6 is 22.9 Å². The van der Waals surface area contributed by atoms with Crippen LogP contribution in [0.15, 0.2) is 35.3 Å². The van der Waals surface area contributed by atoms with Crippen LogP contribution in [-0.4, -0.2) is 15.4 Å². The van der Waals surface area contributed by atoms with Gasteiger partial charge >= 0.3 is 0 Å². The van der Waals surface area contributed by atoms with Crippen molar-refractivity contribution in [2.75, 3.05) is 0 Å². The second-order valence-electron chi connectivity index (χ2n) is 5.84. The van der Waals surface area contributed by atoms with E-state index in [1.807, 2.05) is 37.5 Å². The number of hydrogen-bond acceptors (Lipinski definition) is 4. The van der Waals surface area contributed by atoms with Gasteiger partial charge in [0.05, 0.1) is 15.1 Å². The lowest BCUT2D eigenvalue weighted by molar-refractivity contribution is -0.385. The highest BCUT2D eigenvalue weighted by Crippen LogP contribution is 2.26. The molecule has 6 nitrogen and oxygen atoms in total. The summed E-state index contributed by atoms with van der Waals surface area (Å²) in [6.07, 6.45) is 0. The lowest BCUT2D eigenvalue weighted by atomic mass is 10.1. The topological polar surface area (TPSA) is 77.5 Å². The van der Waals surface area contributed by atoms with Crippen LogP contribution in [0.2, 0.25) is 5.02 Å². The van der Waals surface area contributed by atoms with Gasteiger partial charge in [-0.1, -0.05) is 35.1 Å². The van der Waals surface area contributed by atoms with Crippen molar-refractivity contribution < 1.29 is 9.72 Å². The molecule has 0 saturated carbocycles. The number of benzene rings is 2. The minimum absolute atomic E-state index is 0.115. The number of amides is 1. The zero-order chi connectivity index (χ0) is 19.0. The summed E-state index contributed by atoms with van der Waals surface area (Å²) in [5.41, 5.74) is 2.80. The van der Waals surface area contributed by atoms with Crippen molar-refractivity contribution in [2.24, 2.45) is 4.99 Å². The molecule has 0 atom stereocenters. The molecular formula is C18H16ClN3O3S. The van der Waals surface area contributed by atoms with Gasteiger partial charge in [0, 0.05) is 17.6 Å². The lowest BCUT2D eigenvalue weighted by Gasteiger charge is -2.05. The highest BCUT2D eigenvalue weighted by molar-refractivity contribution is 7.16. The average Bonchev–Trinajstić information content (AvgIpc) is 2.97. The summed E-state index contributed by atoms with van der Waals surface area (Å²) in [7, 11) is 0. The van der Waals surface area contributed by atoms with E-state index in [2.05, 4.69) is 4.99 Å². The van der Waals surface area contributed by atoms with Gasteiger partial charge in [0.15, 0.2) is 4.80 Å². The number of rotatable bonds is 3. The van der Waals surface area contributed by atoms with Crippen LogP contribution in [0, 0.1) is 24.0 Å². The molecule has 0 unspecified atom stereocenters. The predicted molar refractivity (Wildman–Crippen MR) is 103 cm³/mol. The van der Waals surface area contributed by atoms with Crippen molar-refractivity contribution in [3.05, 3.63) is 67.0 Å². The molecule has 0 fully saturated rings. The van der Waals surface area contributed by atoms with Gasteiger partial charge in [-0.05, 0) is 44.0 Å². The van der Waals surface area contributed by atoms with Gasteiger partial charge in [0.2, 0.25) is 0 Å². The first-order valence-electron chi connectivity index (χ1n) is 7.96. The van der Waals surface area contributed by atoms with Crippen LogP contribution < -0.4 is 4.80 Å². The molecule has 0 radical (unpaired) electrons. The van der Waals surface area contributed by atoms with Gasteiger partial charge < -0.3 is 4.57 Å². The number of halogens is 1. The zero-order valence-electron chi connectivity index (χ0n) is 14.4. The van der Waals surface area contributed by atoms with Gasteiger partial charge in [-0.25, -0.2) is 0 Å². The molecule has 0 aliphatic carbocycles. The van der Waals surface area contributed by atoms with Gasteiger partial charge in [-0.15, -0.1) is 0 Å². The third-order valence-electron chi connectivity index (χ3n) is 4.12. The maximum atomic E-state index is 12.7. The summed E-state index contributed by atoms with van der Waals surface area (Å²) >= 11 is 7.32. The minimum Gasteiger partial charge on any atom is -0.316 e. The summed E-state index contributed by atoms with van der Waals surface area (Å²) in [5.74, 6) is -0.678. The normalized spacial score (nSPS) is 11.9. The van der Waals surface area contributed by atoms with Crippen LogP contribution in [0.1, 0.15) is 28.4 Å². The fourth-order valence-corrected chi connectivity index (χ4v) is 4.25. The number of aryl methyl sites for hydroxylation is 3. The summed E-state index contributed by atoms with van der Waals surface area (Å²) < 4.78 is 3.01. The SMILES string of the molecule is CCn1c(=NC(=O)c2cc(Cl)ccc2[N+](=O)[O-])sc2c(C)ccc(C)c21. The Bertz CT molecular complexity index is 1110. The smallest absolute Gasteiger partial charge is 0.286 e. The van der Waals surface area contributed by atoms with Crippen molar-refractivity contribution in [1.29, 1.82) is 0 Å². The van der Waals surface area contributed by atoms with E-state index in [-0.39, 0.29) is 16.3 Å². The standard InChI is InChI=1S/C18H16ClN3O3S/c1-4-21-15-10(2)5-6-11(3)16(15)26-18(21)20-17(23)13-9-12(19)7-8-14(13)22(24)25/h5-9H,4H2,1-3H3. The van der Waals surface area contributed by atoms with Gasteiger partial charge in [-0.2, -0.15) is 4.99 Å². The third kappa shape index (κ3) is 3.15. The summed E-state index contributed by atoms with van der Waals surface area (Å²) in [6.45, 7) is 6.62. The summed E-state index contributed by atoms with van der Waals surface area (Å²) in [5, 5.41) is 11.5. The van der Waals surface area contributed by atoms with E-state index in [0.717, 1.165) is 21.3 Å². The Labute approximate surface area is 158 Å². The van der Waals surface area contributed by atoms with Gasteiger partial charge in [-0.3, -0.25) is 14.9 Å². The molecule has 0 aliphatic rings. The first kappa shape index (κ1) is 18.3. The van der Waals surface area contributed by atoms with E-state index < -0.39 is 10.8 Å². The van der Waals surface area contributed by atoms with Crippen molar-refractivity contribution in [1.82, 2.24) is 4.57 Å². The first-order chi connectivity index (χ1) is 12.3. The molecule has 3 rings (SSSR count). The average molecular weight is 390 g/mol. The van der Waals surface area contributed by atoms with Crippen LogP contribution in [-0.2, 0) is 6.54 Å². The van der Waals surface area contributed by atoms with Crippen LogP contribution in [0.4, 0.5) is 5.69 Å². The molecule has 0 saturated heterocycles. The Hall–Kier alpha value is -2.51. The first-order valence-corrected chi connectivity index (χ1v) is 9.15. The number of carbonyl (C=O) groups excluding carboxylic acids is 1. The van der Waals surface area contributed by atoms with Crippen molar-refractivity contribution in [2.45, 2.75) is 27.3 Å². The van der Waals surface area contributed by atoms with E-state index in [1.54, 1.807) is 0 Å². The molecule has 1 amide bonds. The van der Waals surface area contributed by atoms with Crippen LogP contribution in [0.25, 0.3) is 10.2 Å². The van der Waals surface area contributed by atoms with Crippen LogP contribution in [0.3, 0.4) is 0 Å². The summed E-state index contributed by atoms with van der Waals surface area (Å²) in [4.78, 5) is 28.0. The lowest BCUT2D eigenvalue weighted by Crippen LogP contribution is -2.16. The van der Waals surface area contributed by atoms with E-state index in [4.69, 9.17) is 11.6 Å². The fourth-order valence-electron chi connectivity index (χ4n) is 2.84. The molecule has 134 valence electrons. The van der Waals surface area contributed by atoms with E-state index in [1.165, 1.54) is 29.5 Å². The number of thiazole rings is 1.